The molecule has 0 bridgehead atoms. The molecule has 0 radical (unpaired) electrons. The van der Waals surface area contributed by atoms with Crippen LogP contribution < -0.4 is 5.32 Å². The van der Waals surface area contributed by atoms with Crippen LogP contribution in [0.1, 0.15) is 50.9 Å². The molecule has 10 heteroatoms. The highest BCUT2D eigenvalue weighted by molar-refractivity contribution is 6.00. The van der Waals surface area contributed by atoms with Crippen molar-refractivity contribution in [2.75, 3.05) is 45.2 Å². The second-order valence-electron chi connectivity index (χ2n) is 8.90. The fourth-order valence-corrected chi connectivity index (χ4v) is 3.56. The molecular weight excluding hydrogens is 402 g/mol. The lowest BCUT2D eigenvalue weighted by Gasteiger charge is -2.34. The number of ether oxygens (including phenoxy) is 2. The van der Waals surface area contributed by atoms with Crippen molar-refractivity contribution in [1.29, 1.82) is 0 Å². The molecule has 0 aliphatic carbocycles. The van der Waals surface area contributed by atoms with Crippen molar-refractivity contribution in [2.24, 2.45) is 13.0 Å². The Morgan fingerprint density at radius 1 is 1.32 bits per heavy atom. The lowest BCUT2D eigenvalue weighted by atomic mass is 9.97. The molecule has 1 atom stereocenters. The van der Waals surface area contributed by atoms with Crippen molar-refractivity contribution in [1.82, 2.24) is 19.6 Å². The lowest BCUT2D eigenvalue weighted by Crippen LogP contribution is -2.45. The second kappa shape index (κ2) is 10.6. The van der Waals surface area contributed by atoms with Crippen LogP contribution in [-0.2, 0) is 21.3 Å². The maximum Gasteiger partial charge on any atom is 0.410 e. The molecule has 1 aromatic rings. The fourth-order valence-electron chi connectivity index (χ4n) is 3.56. The Kier molecular flexibility index (Phi) is 8.43. The maximum atomic E-state index is 12.6. The standard InChI is InChI=1S/C21H35N5O5/c1-7-30-19(28)16-11-22-25(6)18(16)23-17(27)14-26-10-8-9-15(13-26)12-24(5)20(29)31-21(2,3)4/h11,15H,7-10,12-14H2,1-6H3,(H,23,27). The third-order valence-electron chi connectivity index (χ3n) is 4.90. The Bertz CT molecular complexity index is 786. The van der Waals surface area contributed by atoms with Crippen molar-refractivity contribution in [2.45, 2.75) is 46.1 Å². The topological polar surface area (TPSA) is 106 Å². The van der Waals surface area contributed by atoms with E-state index in [9.17, 15) is 14.4 Å². The second-order valence-corrected chi connectivity index (χ2v) is 8.90. The lowest BCUT2D eigenvalue weighted by molar-refractivity contribution is -0.117. The van der Waals surface area contributed by atoms with E-state index in [1.165, 1.54) is 10.9 Å². The summed E-state index contributed by atoms with van der Waals surface area (Å²) in [7, 11) is 3.39. The minimum absolute atomic E-state index is 0.195. The van der Waals surface area contributed by atoms with E-state index < -0.39 is 11.6 Å². The zero-order valence-corrected chi connectivity index (χ0v) is 19.4. The van der Waals surface area contributed by atoms with Gasteiger partial charge in [-0.15, -0.1) is 0 Å². The molecule has 1 saturated heterocycles. The van der Waals surface area contributed by atoms with Crippen LogP contribution in [0.4, 0.5) is 10.6 Å². The highest BCUT2D eigenvalue weighted by atomic mass is 16.6. The number of hydrogen-bond acceptors (Lipinski definition) is 7. The van der Waals surface area contributed by atoms with E-state index in [2.05, 4.69) is 15.3 Å². The zero-order chi connectivity index (χ0) is 23.2. The average molecular weight is 438 g/mol. The number of nitrogens with zero attached hydrogens (tertiary/aromatic N) is 4. The van der Waals surface area contributed by atoms with Gasteiger partial charge in [-0.25, -0.2) is 9.59 Å². The van der Waals surface area contributed by atoms with Crippen LogP contribution in [0.5, 0.6) is 0 Å². The number of rotatable bonds is 7. The number of carbonyl (C=O) groups is 3. The highest BCUT2D eigenvalue weighted by Crippen LogP contribution is 2.20. The number of hydrogen-bond donors (Lipinski definition) is 1. The number of piperidine rings is 1. The summed E-state index contributed by atoms with van der Waals surface area (Å²) in [6, 6.07) is 0. The molecule has 0 saturated carbocycles. The van der Waals surface area contributed by atoms with Gasteiger partial charge in [0.15, 0.2) is 0 Å². The largest absolute Gasteiger partial charge is 0.462 e. The first kappa shape index (κ1) is 24.6. The van der Waals surface area contributed by atoms with Crippen molar-refractivity contribution in [3.63, 3.8) is 0 Å². The molecule has 1 aliphatic rings. The van der Waals surface area contributed by atoms with Gasteiger partial charge in [-0.1, -0.05) is 0 Å². The number of likely N-dealkylation sites (tertiary alicyclic amines) is 1. The van der Waals surface area contributed by atoms with Gasteiger partial charge in [0.1, 0.15) is 17.0 Å². The first-order valence-corrected chi connectivity index (χ1v) is 10.7. The van der Waals surface area contributed by atoms with Crippen molar-refractivity contribution < 1.29 is 23.9 Å². The molecule has 31 heavy (non-hydrogen) atoms. The van der Waals surface area contributed by atoms with Gasteiger partial charge in [-0.3, -0.25) is 14.4 Å². The van der Waals surface area contributed by atoms with Crippen LogP contribution in [0.2, 0.25) is 0 Å². The van der Waals surface area contributed by atoms with E-state index in [-0.39, 0.29) is 36.6 Å². The van der Waals surface area contributed by atoms with Gasteiger partial charge in [0.05, 0.1) is 19.3 Å². The number of nitrogens with one attached hydrogen (secondary N) is 1. The molecule has 1 fully saturated rings. The van der Waals surface area contributed by atoms with Crippen molar-refractivity contribution in [3.8, 4) is 0 Å². The van der Waals surface area contributed by atoms with E-state index >= 15 is 0 Å². The van der Waals surface area contributed by atoms with Gasteiger partial charge in [0.2, 0.25) is 5.91 Å². The molecule has 1 aromatic heterocycles. The summed E-state index contributed by atoms with van der Waals surface area (Å²) in [4.78, 5) is 40.6. The number of carbonyl (C=O) groups excluding carboxylic acids is 3. The van der Waals surface area contributed by atoms with E-state index in [4.69, 9.17) is 9.47 Å². The summed E-state index contributed by atoms with van der Waals surface area (Å²) < 4.78 is 11.9. The predicted molar refractivity (Wildman–Crippen MR) is 116 cm³/mol. The van der Waals surface area contributed by atoms with Gasteiger partial charge >= 0.3 is 12.1 Å². The molecule has 2 heterocycles. The van der Waals surface area contributed by atoms with Gasteiger partial charge in [-0.05, 0) is 53.0 Å². The monoisotopic (exact) mass is 437 g/mol. The van der Waals surface area contributed by atoms with E-state index in [1.54, 1.807) is 25.9 Å². The summed E-state index contributed by atoms with van der Waals surface area (Å²) in [6.07, 6.45) is 2.97. The zero-order valence-electron chi connectivity index (χ0n) is 19.4. The molecule has 1 unspecified atom stereocenters. The highest BCUT2D eigenvalue weighted by Gasteiger charge is 2.27. The molecule has 1 aliphatic heterocycles. The Balaban J connectivity index is 1.90. The average Bonchev–Trinajstić information content (AvgIpc) is 3.01. The first-order chi connectivity index (χ1) is 14.5. The summed E-state index contributed by atoms with van der Waals surface area (Å²) >= 11 is 0. The summed E-state index contributed by atoms with van der Waals surface area (Å²) in [5.41, 5.74) is -0.302. The van der Waals surface area contributed by atoms with E-state index in [1.807, 2.05) is 20.8 Å². The SMILES string of the molecule is CCOC(=O)c1cnn(C)c1NC(=O)CN1CCCC(CN(C)C(=O)OC(C)(C)C)C1. The Morgan fingerprint density at radius 2 is 2.03 bits per heavy atom. The van der Waals surface area contributed by atoms with Gasteiger partial charge in [0.25, 0.3) is 0 Å². The molecule has 10 nitrogen and oxygen atoms in total. The summed E-state index contributed by atoms with van der Waals surface area (Å²) in [5.74, 6) is -0.169. The number of amides is 2. The van der Waals surface area contributed by atoms with E-state index in [0.717, 1.165) is 19.4 Å². The first-order valence-electron chi connectivity index (χ1n) is 10.7. The van der Waals surface area contributed by atoms with Crippen molar-refractivity contribution >= 4 is 23.8 Å². The van der Waals surface area contributed by atoms with Gasteiger partial charge in [0, 0.05) is 27.2 Å². The van der Waals surface area contributed by atoms with Crippen molar-refractivity contribution in [3.05, 3.63) is 11.8 Å². The van der Waals surface area contributed by atoms with E-state index in [0.29, 0.717) is 18.9 Å². The van der Waals surface area contributed by atoms with Crippen LogP contribution >= 0.6 is 0 Å². The van der Waals surface area contributed by atoms with Gasteiger partial charge < -0.3 is 19.7 Å². The normalized spacial score (nSPS) is 17.2. The molecule has 0 aromatic carbocycles. The van der Waals surface area contributed by atoms with Crippen LogP contribution in [-0.4, -0.2) is 83.0 Å². The quantitative estimate of drug-likeness (QED) is 0.651. The van der Waals surface area contributed by atoms with Gasteiger partial charge in [-0.2, -0.15) is 5.10 Å². The number of esters is 1. The molecule has 2 amide bonds. The number of anilines is 1. The molecule has 174 valence electrons. The molecule has 0 spiro atoms. The Labute approximate surface area is 183 Å². The molecule has 1 N–H and O–H groups in total. The van der Waals surface area contributed by atoms with Crippen LogP contribution in [0.15, 0.2) is 6.20 Å². The third-order valence-corrected chi connectivity index (χ3v) is 4.90. The van der Waals surface area contributed by atoms with Crippen LogP contribution in [0.25, 0.3) is 0 Å². The Hall–Kier alpha value is -2.62. The predicted octanol–water partition coefficient (Wildman–Crippen LogP) is 2.11. The molecule has 2 rings (SSSR count). The van der Waals surface area contributed by atoms with Crippen LogP contribution in [0, 0.1) is 5.92 Å². The minimum Gasteiger partial charge on any atom is -0.462 e. The maximum absolute atomic E-state index is 12.6. The molecular formula is C21H35N5O5. The number of aromatic nitrogens is 2. The third kappa shape index (κ3) is 7.54. The summed E-state index contributed by atoms with van der Waals surface area (Å²) in [5, 5.41) is 6.82. The Morgan fingerprint density at radius 3 is 2.68 bits per heavy atom. The summed E-state index contributed by atoms with van der Waals surface area (Å²) in [6.45, 7) is 9.77. The number of aryl methyl sites for hydroxylation is 1. The smallest absolute Gasteiger partial charge is 0.410 e. The minimum atomic E-state index is -0.532. The fraction of sp³-hybridized carbons (Fsp3) is 0.714. The van der Waals surface area contributed by atoms with Crippen LogP contribution in [0.3, 0.4) is 0 Å².